The van der Waals surface area contributed by atoms with Gasteiger partial charge >= 0.3 is 0 Å². The van der Waals surface area contributed by atoms with Crippen LogP contribution in [-0.4, -0.2) is 53.1 Å². The van der Waals surface area contributed by atoms with Gasteiger partial charge in [-0.1, -0.05) is 31.0 Å². The molecule has 1 atom stereocenters. The lowest BCUT2D eigenvalue weighted by Crippen LogP contribution is -2.41. The molecule has 3 rings (SSSR count). The van der Waals surface area contributed by atoms with Crippen LogP contribution in [0.1, 0.15) is 36.5 Å². The Hall–Kier alpha value is -1.86. The molecule has 6 nitrogen and oxygen atoms in total. The van der Waals surface area contributed by atoms with Crippen LogP contribution in [0.25, 0.3) is 5.69 Å². The third-order valence-corrected chi connectivity index (χ3v) is 6.55. The van der Waals surface area contributed by atoms with Gasteiger partial charge in [0, 0.05) is 23.8 Å². The summed E-state index contributed by atoms with van der Waals surface area (Å²) in [5, 5.41) is 4.85. The molecule has 0 spiro atoms. The van der Waals surface area contributed by atoms with Crippen LogP contribution in [0, 0.1) is 0 Å². The first-order valence-corrected chi connectivity index (χ1v) is 10.9. The number of hydrogen-bond acceptors (Lipinski definition) is 4. The second kappa shape index (κ2) is 7.80. The molecule has 2 heterocycles. The minimum atomic E-state index is -3.05. The molecule has 1 saturated heterocycles. The van der Waals surface area contributed by atoms with Crippen molar-refractivity contribution in [3.8, 4) is 5.69 Å². The molecule has 1 amide bonds. The maximum Gasteiger partial charge on any atom is 0.257 e. The quantitative estimate of drug-likeness (QED) is 0.753. The minimum absolute atomic E-state index is 0.0465. The van der Waals surface area contributed by atoms with Crippen molar-refractivity contribution in [2.45, 2.75) is 32.2 Å². The zero-order valence-electron chi connectivity index (χ0n) is 14.6. The number of carbonyl (C=O) groups excluding carboxylic acids is 1. The number of carbonyl (C=O) groups is 1. The van der Waals surface area contributed by atoms with E-state index in [1.165, 1.54) is 6.20 Å². The third kappa shape index (κ3) is 4.27. The Morgan fingerprint density at radius 2 is 2.23 bits per heavy atom. The summed E-state index contributed by atoms with van der Waals surface area (Å²) >= 11 is 6.01. The van der Waals surface area contributed by atoms with Gasteiger partial charge < -0.3 is 4.90 Å². The Balaban J connectivity index is 1.83. The number of aromatic nitrogens is 2. The van der Waals surface area contributed by atoms with E-state index in [0.29, 0.717) is 23.6 Å². The zero-order valence-corrected chi connectivity index (χ0v) is 16.2. The number of halogens is 1. The molecule has 0 aliphatic carbocycles. The van der Waals surface area contributed by atoms with E-state index >= 15 is 0 Å². The number of hydrogen-bond donors (Lipinski definition) is 0. The summed E-state index contributed by atoms with van der Waals surface area (Å²) in [4.78, 5) is 14.7. The van der Waals surface area contributed by atoms with Gasteiger partial charge in [-0.25, -0.2) is 13.1 Å². The lowest BCUT2D eigenvalue weighted by Gasteiger charge is -2.27. The molecule has 0 bridgehead atoms. The van der Waals surface area contributed by atoms with Gasteiger partial charge in [0.2, 0.25) is 0 Å². The maximum atomic E-state index is 13.0. The van der Waals surface area contributed by atoms with Crippen LogP contribution in [0.15, 0.2) is 36.7 Å². The van der Waals surface area contributed by atoms with Crippen molar-refractivity contribution in [2.24, 2.45) is 0 Å². The third-order valence-electron chi connectivity index (χ3n) is 4.56. The fraction of sp³-hybridized carbons (Fsp3) is 0.444. The zero-order chi connectivity index (χ0) is 18.7. The van der Waals surface area contributed by atoms with Crippen molar-refractivity contribution in [1.82, 2.24) is 14.7 Å². The molecule has 2 aromatic rings. The van der Waals surface area contributed by atoms with Gasteiger partial charge in [0.05, 0.1) is 29.0 Å². The van der Waals surface area contributed by atoms with Gasteiger partial charge in [-0.3, -0.25) is 4.79 Å². The molecule has 1 unspecified atom stereocenters. The van der Waals surface area contributed by atoms with Gasteiger partial charge in [0.1, 0.15) is 0 Å². The SMILES string of the molecule is CCCCN(C(=O)c1cnn(-c2cccc(Cl)c2)c1)C1CCS(=O)(=O)C1. The van der Waals surface area contributed by atoms with Crippen molar-refractivity contribution in [3.05, 3.63) is 47.2 Å². The van der Waals surface area contributed by atoms with E-state index < -0.39 is 9.84 Å². The Bertz CT molecular complexity index is 895. The van der Waals surface area contributed by atoms with E-state index in [4.69, 9.17) is 11.6 Å². The van der Waals surface area contributed by atoms with Gasteiger partial charge in [0.25, 0.3) is 5.91 Å². The minimum Gasteiger partial charge on any atom is -0.335 e. The highest BCUT2D eigenvalue weighted by molar-refractivity contribution is 7.91. The van der Waals surface area contributed by atoms with Crippen LogP contribution in [-0.2, 0) is 9.84 Å². The van der Waals surface area contributed by atoms with E-state index in [9.17, 15) is 13.2 Å². The van der Waals surface area contributed by atoms with E-state index in [1.807, 2.05) is 19.1 Å². The molecular weight excluding hydrogens is 374 g/mol. The molecule has 8 heteroatoms. The summed E-state index contributed by atoms with van der Waals surface area (Å²) in [5.74, 6) is 0.0223. The highest BCUT2D eigenvalue weighted by atomic mass is 35.5. The molecule has 0 radical (unpaired) electrons. The van der Waals surface area contributed by atoms with E-state index in [-0.39, 0.29) is 23.5 Å². The molecule has 1 aromatic heterocycles. The predicted octanol–water partition coefficient (Wildman–Crippen LogP) is 2.96. The summed E-state index contributed by atoms with van der Waals surface area (Å²) in [6, 6.07) is 6.95. The number of nitrogens with zero attached hydrogens (tertiary/aromatic N) is 3. The van der Waals surface area contributed by atoms with Crippen molar-refractivity contribution in [2.75, 3.05) is 18.1 Å². The summed E-state index contributed by atoms with van der Waals surface area (Å²) in [5.41, 5.74) is 1.21. The maximum absolute atomic E-state index is 13.0. The molecule has 1 fully saturated rings. The highest BCUT2D eigenvalue weighted by Crippen LogP contribution is 2.21. The molecule has 1 aromatic carbocycles. The van der Waals surface area contributed by atoms with Crippen LogP contribution >= 0.6 is 11.6 Å². The largest absolute Gasteiger partial charge is 0.335 e. The van der Waals surface area contributed by atoms with Crippen LogP contribution in [0.2, 0.25) is 5.02 Å². The van der Waals surface area contributed by atoms with Crippen molar-refractivity contribution >= 4 is 27.3 Å². The van der Waals surface area contributed by atoms with Gasteiger partial charge in [-0.05, 0) is 31.0 Å². The molecule has 1 aliphatic rings. The highest BCUT2D eigenvalue weighted by Gasteiger charge is 2.35. The number of sulfone groups is 1. The second-order valence-corrected chi connectivity index (χ2v) is 9.23. The van der Waals surface area contributed by atoms with E-state index in [2.05, 4.69) is 5.10 Å². The fourth-order valence-electron chi connectivity index (χ4n) is 3.16. The topological polar surface area (TPSA) is 72.3 Å². The molecule has 0 N–H and O–H groups in total. The van der Waals surface area contributed by atoms with Crippen LogP contribution in [0.4, 0.5) is 0 Å². The van der Waals surface area contributed by atoms with Crippen LogP contribution in [0.5, 0.6) is 0 Å². The molecule has 140 valence electrons. The smallest absolute Gasteiger partial charge is 0.257 e. The van der Waals surface area contributed by atoms with E-state index in [0.717, 1.165) is 18.5 Å². The molecular formula is C18H22ClN3O3S. The monoisotopic (exact) mass is 395 g/mol. The Morgan fingerprint density at radius 1 is 1.42 bits per heavy atom. The lowest BCUT2D eigenvalue weighted by molar-refractivity contribution is 0.0694. The molecule has 0 saturated carbocycles. The average Bonchev–Trinajstić information content (AvgIpc) is 3.22. The van der Waals surface area contributed by atoms with Crippen molar-refractivity contribution in [1.29, 1.82) is 0 Å². The first-order chi connectivity index (χ1) is 12.4. The van der Waals surface area contributed by atoms with Crippen molar-refractivity contribution < 1.29 is 13.2 Å². The van der Waals surface area contributed by atoms with Crippen molar-refractivity contribution in [3.63, 3.8) is 0 Å². The van der Waals surface area contributed by atoms with E-state index in [1.54, 1.807) is 27.9 Å². The predicted molar refractivity (Wildman–Crippen MR) is 102 cm³/mol. The molecule has 1 aliphatic heterocycles. The number of unbranched alkanes of at least 4 members (excludes halogenated alkanes) is 1. The van der Waals surface area contributed by atoms with Crippen LogP contribution in [0.3, 0.4) is 0 Å². The normalized spacial score (nSPS) is 18.8. The number of rotatable bonds is 6. The summed E-state index contributed by atoms with van der Waals surface area (Å²) in [6.07, 6.45) is 5.46. The van der Waals surface area contributed by atoms with Crippen LogP contribution < -0.4 is 0 Å². The fourth-order valence-corrected chi connectivity index (χ4v) is 5.07. The molecule has 26 heavy (non-hydrogen) atoms. The average molecular weight is 396 g/mol. The Morgan fingerprint density at radius 3 is 2.88 bits per heavy atom. The first-order valence-electron chi connectivity index (χ1n) is 8.71. The number of amides is 1. The second-order valence-electron chi connectivity index (χ2n) is 6.56. The Kier molecular flexibility index (Phi) is 5.67. The van der Waals surface area contributed by atoms with Gasteiger partial charge in [-0.15, -0.1) is 0 Å². The standard InChI is InChI=1S/C18H22ClN3O3S/c1-2-3-8-21(17-7-9-26(24,25)13-17)18(23)14-11-20-22(12-14)16-6-4-5-15(19)10-16/h4-6,10-12,17H,2-3,7-9,13H2,1H3. The summed E-state index contributed by atoms with van der Waals surface area (Å²) < 4.78 is 25.3. The Labute approximate surface area is 158 Å². The van der Waals surface area contributed by atoms with Gasteiger partial charge in [-0.2, -0.15) is 5.10 Å². The van der Waals surface area contributed by atoms with Gasteiger partial charge in [0.15, 0.2) is 9.84 Å². The number of benzene rings is 1. The first kappa shape index (κ1) is 18.9. The lowest BCUT2D eigenvalue weighted by atomic mass is 10.1. The summed E-state index contributed by atoms with van der Waals surface area (Å²) in [6.45, 7) is 2.60. The summed E-state index contributed by atoms with van der Waals surface area (Å²) in [7, 11) is -3.05.